The maximum atomic E-state index is 12.1. The third-order valence-electron chi connectivity index (χ3n) is 3.45. The molecule has 1 aromatic heterocycles. The Balaban J connectivity index is 2.12. The van der Waals surface area contributed by atoms with Crippen LogP contribution in [-0.2, 0) is 11.3 Å². The zero-order valence-corrected chi connectivity index (χ0v) is 14.7. The van der Waals surface area contributed by atoms with Crippen LogP contribution in [0.15, 0.2) is 30.3 Å². The van der Waals surface area contributed by atoms with Gasteiger partial charge in [-0.3, -0.25) is 9.48 Å². The first-order valence-corrected chi connectivity index (χ1v) is 8.04. The van der Waals surface area contributed by atoms with Crippen molar-refractivity contribution in [1.29, 1.82) is 0 Å². The van der Waals surface area contributed by atoms with Crippen LogP contribution in [0.4, 0.5) is 5.69 Å². The van der Waals surface area contributed by atoms with Crippen molar-refractivity contribution in [1.82, 2.24) is 9.78 Å². The summed E-state index contributed by atoms with van der Waals surface area (Å²) in [5.74, 6) is 0.263. The summed E-state index contributed by atoms with van der Waals surface area (Å²) in [6, 6.07) is 7.66. The number of amides is 1. The largest absolute Gasteiger partial charge is 0.322 e. The first kappa shape index (κ1) is 17.3. The Kier molecular flexibility index (Phi) is 5.61. The van der Waals surface area contributed by atoms with E-state index in [1.54, 1.807) is 10.8 Å². The number of aryl methyl sites for hydroxylation is 2. The Labute approximate surface area is 142 Å². The minimum Gasteiger partial charge on any atom is -0.322 e. The standard InChI is InChI=1S/C18H22ClN3O/c1-12(2)11-22-18(19)15(14(4)21-22)9-10-17(23)20-16-8-6-5-7-13(16)3/h5-10,12H,11H2,1-4H3,(H,20,23)/b10-9+. The van der Waals surface area contributed by atoms with Gasteiger partial charge in [0.25, 0.3) is 0 Å². The van der Waals surface area contributed by atoms with E-state index in [1.807, 2.05) is 38.1 Å². The number of benzene rings is 1. The van der Waals surface area contributed by atoms with Gasteiger partial charge >= 0.3 is 0 Å². The Bertz CT molecular complexity index is 732. The first-order valence-electron chi connectivity index (χ1n) is 7.66. The van der Waals surface area contributed by atoms with Gasteiger partial charge in [-0.2, -0.15) is 5.10 Å². The van der Waals surface area contributed by atoms with Crippen LogP contribution in [0.25, 0.3) is 6.08 Å². The third-order valence-corrected chi connectivity index (χ3v) is 3.85. The van der Waals surface area contributed by atoms with E-state index in [-0.39, 0.29) is 5.91 Å². The lowest BCUT2D eigenvalue weighted by Crippen LogP contribution is -2.08. The monoisotopic (exact) mass is 331 g/mol. The highest BCUT2D eigenvalue weighted by Gasteiger charge is 2.12. The van der Waals surface area contributed by atoms with Crippen molar-refractivity contribution in [3.8, 4) is 0 Å². The predicted molar refractivity (Wildman–Crippen MR) is 95.7 cm³/mol. The molecule has 0 unspecified atom stereocenters. The van der Waals surface area contributed by atoms with Gasteiger partial charge in [-0.25, -0.2) is 0 Å². The molecular weight excluding hydrogens is 310 g/mol. The van der Waals surface area contributed by atoms with Gasteiger partial charge in [-0.05, 0) is 37.5 Å². The number of rotatable bonds is 5. The minimum absolute atomic E-state index is 0.189. The summed E-state index contributed by atoms with van der Waals surface area (Å²) >= 11 is 6.36. The number of nitrogens with one attached hydrogen (secondary N) is 1. The number of para-hydroxylation sites is 1. The molecule has 0 fully saturated rings. The van der Waals surface area contributed by atoms with Gasteiger partial charge in [0.15, 0.2) is 0 Å². The maximum Gasteiger partial charge on any atom is 0.248 e. The van der Waals surface area contributed by atoms with Crippen molar-refractivity contribution >= 4 is 29.3 Å². The Morgan fingerprint density at radius 3 is 2.70 bits per heavy atom. The van der Waals surface area contributed by atoms with Crippen LogP contribution in [0.1, 0.15) is 30.7 Å². The molecule has 0 spiro atoms. The smallest absolute Gasteiger partial charge is 0.248 e. The van der Waals surface area contributed by atoms with Crippen molar-refractivity contribution in [3.63, 3.8) is 0 Å². The molecule has 4 nitrogen and oxygen atoms in total. The summed E-state index contributed by atoms with van der Waals surface area (Å²) in [7, 11) is 0. The van der Waals surface area contributed by atoms with Crippen molar-refractivity contribution < 1.29 is 4.79 Å². The topological polar surface area (TPSA) is 46.9 Å². The van der Waals surface area contributed by atoms with E-state index in [0.29, 0.717) is 11.1 Å². The number of carbonyl (C=O) groups excluding carboxylic acids is 1. The van der Waals surface area contributed by atoms with Crippen LogP contribution in [-0.4, -0.2) is 15.7 Å². The van der Waals surface area contributed by atoms with Crippen LogP contribution < -0.4 is 5.32 Å². The summed E-state index contributed by atoms with van der Waals surface area (Å²) in [5.41, 5.74) is 3.43. The highest BCUT2D eigenvalue weighted by atomic mass is 35.5. The summed E-state index contributed by atoms with van der Waals surface area (Å²) in [4.78, 5) is 12.1. The first-order chi connectivity index (χ1) is 10.9. The maximum absolute atomic E-state index is 12.1. The number of hydrogen-bond donors (Lipinski definition) is 1. The number of halogens is 1. The zero-order valence-electron chi connectivity index (χ0n) is 13.9. The molecule has 0 radical (unpaired) electrons. The zero-order chi connectivity index (χ0) is 17.0. The number of nitrogens with zero attached hydrogens (tertiary/aromatic N) is 2. The molecule has 23 heavy (non-hydrogen) atoms. The van der Waals surface area contributed by atoms with E-state index in [2.05, 4.69) is 24.3 Å². The SMILES string of the molecule is Cc1ccccc1NC(=O)/C=C/c1c(C)nn(CC(C)C)c1Cl. The van der Waals surface area contributed by atoms with Gasteiger partial charge in [0.05, 0.1) is 5.69 Å². The molecule has 1 heterocycles. The molecule has 0 aliphatic carbocycles. The van der Waals surface area contributed by atoms with Crippen LogP contribution >= 0.6 is 11.6 Å². The van der Waals surface area contributed by atoms with Crippen molar-refractivity contribution in [2.75, 3.05) is 5.32 Å². The van der Waals surface area contributed by atoms with Gasteiger partial charge in [-0.1, -0.05) is 43.6 Å². The van der Waals surface area contributed by atoms with Crippen LogP contribution in [0.3, 0.4) is 0 Å². The quantitative estimate of drug-likeness (QED) is 0.822. The Hall–Kier alpha value is -2.07. The number of anilines is 1. The van der Waals surface area contributed by atoms with E-state index < -0.39 is 0 Å². The van der Waals surface area contributed by atoms with E-state index in [1.165, 1.54) is 6.08 Å². The van der Waals surface area contributed by atoms with Crippen LogP contribution in [0, 0.1) is 19.8 Å². The Morgan fingerprint density at radius 1 is 1.35 bits per heavy atom. The Morgan fingerprint density at radius 2 is 2.04 bits per heavy atom. The number of aromatic nitrogens is 2. The molecule has 0 bridgehead atoms. The second-order valence-corrected chi connectivity index (χ2v) is 6.36. The average molecular weight is 332 g/mol. The van der Waals surface area contributed by atoms with Gasteiger partial charge in [0, 0.05) is 23.9 Å². The summed E-state index contributed by atoms with van der Waals surface area (Å²) in [6.45, 7) is 8.82. The van der Waals surface area contributed by atoms with E-state index >= 15 is 0 Å². The van der Waals surface area contributed by atoms with Crippen molar-refractivity contribution in [3.05, 3.63) is 52.3 Å². The molecule has 2 aromatic rings. The minimum atomic E-state index is -0.189. The summed E-state index contributed by atoms with van der Waals surface area (Å²) in [5, 5.41) is 7.86. The van der Waals surface area contributed by atoms with Crippen LogP contribution in [0.5, 0.6) is 0 Å². The predicted octanol–water partition coefficient (Wildman–Crippen LogP) is 4.46. The molecule has 0 aliphatic heterocycles. The molecule has 0 saturated carbocycles. The van der Waals surface area contributed by atoms with Crippen molar-refractivity contribution in [2.24, 2.45) is 5.92 Å². The molecule has 0 atom stereocenters. The molecule has 122 valence electrons. The fraction of sp³-hybridized carbons (Fsp3) is 0.333. The normalized spacial score (nSPS) is 11.4. The second-order valence-electron chi connectivity index (χ2n) is 6.00. The molecule has 0 saturated heterocycles. The fourth-order valence-corrected chi connectivity index (χ4v) is 2.58. The molecule has 1 aromatic carbocycles. The lowest BCUT2D eigenvalue weighted by atomic mass is 10.2. The van der Waals surface area contributed by atoms with Crippen LogP contribution in [0.2, 0.25) is 5.15 Å². The summed E-state index contributed by atoms with van der Waals surface area (Å²) < 4.78 is 1.78. The molecule has 2 rings (SSSR count). The molecular formula is C18H22ClN3O. The van der Waals surface area contributed by atoms with E-state index in [9.17, 15) is 4.79 Å². The fourth-order valence-electron chi connectivity index (χ4n) is 2.27. The number of hydrogen-bond acceptors (Lipinski definition) is 2. The van der Waals surface area contributed by atoms with Gasteiger partial charge in [-0.15, -0.1) is 0 Å². The molecule has 1 amide bonds. The highest BCUT2D eigenvalue weighted by molar-refractivity contribution is 6.31. The second kappa shape index (κ2) is 7.47. The van der Waals surface area contributed by atoms with E-state index in [0.717, 1.165) is 29.1 Å². The van der Waals surface area contributed by atoms with Crippen molar-refractivity contribution in [2.45, 2.75) is 34.2 Å². The molecule has 5 heteroatoms. The lowest BCUT2D eigenvalue weighted by Gasteiger charge is -2.06. The summed E-state index contributed by atoms with van der Waals surface area (Å²) in [6.07, 6.45) is 3.21. The molecule has 1 N–H and O–H groups in total. The highest BCUT2D eigenvalue weighted by Crippen LogP contribution is 2.22. The van der Waals surface area contributed by atoms with Gasteiger partial charge < -0.3 is 5.32 Å². The average Bonchev–Trinajstić information content (AvgIpc) is 2.73. The van der Waals surface area contributed by atoms with Gasteiger partial charge in [0.2, 0.25) is 5.91 Å². The third kappa shape index (κ3) is 4.45. The van der Waals surface area contributed by atoms with Gasteiger partial charge in [0.1, 0.15) is 5.15 Å². The molecule has 0 aliphatic rings. The van der Waals surface area contributed by atoms with E-state index in [4.69, 9.17) is 11.6 Å². The lowest BCUT2D eigenvalue weighted by molar-refractivity contribution is -0.111. The number of carbonyl (C=O) groups is 1.